The van der Waals surface area contributed by atoms with Gasteiger partial charge in [-0.25, -0.2) is 4.68 Å². The summed E-state index contributed by atoms with van der Waals surface area (Å²) in [5.74, 6) is -0.585. The molecule has 6 nitrogen and oxygen atoms in total. The van der Waals surface area contributed by atoms with Gasteiger partial charge in [0.15, 0.2) is 5.69 Å². The standard InChI is InChI=1S/C8H14N4O2/c1-3-6-7(8(9)14)10-11-12(6)4-5(2)13/h5,13H,3-4H2,1-2H3,(H2,9,14). The number of primary amides is 1. The molecule has 1 atom stereocenters. The van der Waals surface area contributed by atoms with Crippen LogP contribution in [-0.2, 0) is 13.0 Å². The number of aliphatic hydroxyl groups is 1. The normalized spacial score (nSPS) is 12.8. The van der Waals surface area contributed by atoms with Gasteiger partial charge < -0.3 is 10.8 Å². The molecule has 1 unspecified atom stereocenters. The Hall–Kier alpha value is -1.43. The molecule has 0 fully saturated rings. The molecule has 1 rings (SSSR count). The van der Waals surface area contributed by atoms with E-state index in [1.165, 1.54) is 4.68 Å². The van der Waals surface area contributed by atoms with E-state index in [2.05, 4.69) is 10.3 Å². The number of aliphatic hydroxyl groups excluding tert-OH is 1. The van der Waals surface area contributed by atoms with Crippen LogP contribution in [0.4, 0.5) is 0 Å². The van der Waals surface area contributed by atoms with E-state index in [-0.39, 0.29) is 5.69 Å². The molecule has 0 aliphatic rings. The van der Waals surface area contributed by atoms with E-state index in [1.807, 2.05) is 6.92 Å². The van der Waals surface area contributed by atoms with E-state index < -0.39 is 12.0 Å². The van der Waals surface area contributed by atoms with Gasteiger partial charge in [0.05, 0.1) is 18.3 Å². The van der Waals surface area contributed by atoms with Gasteiger partial charge in [0.1, 0.15) is 0 Å². The Bertz CT molecular complexity index is 332. The third-order valence-corrected chi connectivity index (χ3v) is 1.84. The van der Waals surface area contributed by atoms with Crippen LogP contribution >= 0.6 is 0 Å². The Morgan fingerprint density at radius 1 is 1.71 bits per heavy atom. The molecule has 1 aromatic heterocycles. The maximum atomic E-state index is 10.9. The maximum Gasteiger partial charge on any atom is 0.271 e. The minimum Gasteiger partial charge on any atom is -0.391 e. The molecule has 0 radical (unpaired) electrons. The molecule has 0 bridgehead atoms. The molecule has 6 heteroatoms. The second kappa shape index (κ2) is 4.19. The van der Waals surface area contributed by atoms with Crippen LogP contribution in [0.1, 0.15) is 30.0 Å². The smallest absolute Gasteiger partial charge is 0.271 e. The topological polar surface area (TPSA) is 94.0 Å². The minimum atomic E-state index is -0.585. The van der Waals surface area contributed by atoms with Crippen molar-refractivity contribution in [1.82, 2.24) is 15.0 Å². The average molecular weight is 198 g/mol. The first-order chi connectivity index (χ1) is 6.56. The number of hydrogen-bond donors (Lipinski definition) is 2. The molecule has 0 aliphatic heterocycles. The fraction of sp³-hybridized carbons (Fsp3) is 0.625. The number of nitrogens with two attached hydrogens (primary N) is 1. The summed E-state index contributed by atoms with van der Waals surface area (Å²) in [7, 11) is 0. The Labute approximate surface area is 81.7 Å². The highest BCUT2D eigenvalue weighted by Crippen LogP contribution is 2.06. The van der Waals surface area contributed by atoms with Crippen LogP contribution in [-0.4, -0.2) is 32.1 Å². The first kappa shape index (κ1) is 10.6. The molecule has 1 aromatic rings. The second-order valence-electron chi connectivity index (χ2n) is 3.13. The van der Waals surface area contributed by atoms with Crippen molar-refractivity contribution in [2.45, 2.75) is 32.9 Å². The largest absolute Gasteiger partial charge is 0.391 e. The summed E-state index contributed by atoms with van der Waals surface area (Å²) in [6.07, 6.45) is 0.0839. The predicted molar refractivity (Wildman–Crippen MR) is 49.6 cm³/mol. The highest BCUT2D eigenvalue weighted by molar-refractivity contribution is 5.91. The van der Waals surface area contributed by atoms with E-state index in [4.69, 9.17) is 10.8 Å². The zero-order chi connectivity index (χ0) is 10.7. The number of hydrogen-bond acceptors (Lipinski definition) is 4. The molecule has 0 aromatic carbocycles. The summed E-state index contributed by atoms with van der Waals surface area (Å²) >= 11 is 0. The van der Waals surface area contributed by atoms with Crippen LogP contribution in [0.3, 0.4) is 0 Å². The van der Waals surface area contributed by atoms with Crippen molar-refractivity contribution in [3.8, 4) is 0 Å². The van der Waals surface area contributed by atoms with Gasteiger partial charge >= 0.3 is 0 Å². The van der Waals surface area contributed by atoms with Crippen LogP contribution in [0.2, 0.25) is 0 Å². The highest BCUT2D eigenvalue weighted by atomic mass is 16.3. The summed E-state index contributed by atoms with van der Waals surface area (Å²) in [4.78, 5) is 10.9. The SMILES string of the molecule is CCc1c(C(N)=O)nnn1CC(C)O. The molecule has 0 spiro atoms. The third-order valence-electron chi connectivity index (χ3n) is 1.84. The first-order valence-electron chi connectivity index (χ1n) is 4.46. The maximum absolute atomic E-state index is 10.9. The van der Waals surface area contributed by atoms with Crippen molar-refractivity contribution >= 4 is 5.91 Å². The molecule has 1 heterocycles. The van der Waals surface area contributed by atoms with Crippen molar-refractivity contribution < 1.29 is 9.90 Å². The summed E-state index contributed by atoms with van der Waals surface area (Å²) in [5.41, 5.74) is 5.97. The predicted octanol–water partition coefficient (Wildman–Crippen LogP) is -0.680. The number of rotatable bonds is 4. The van der Waals surface area contributed by atoms with Gasteiger partial charge in [-0.15, -0.1) is 5.10 Å². The lowest BCUT2D eigenvalue weighted by Crippen LogP contribution is -2.18. The fourth-order valence-corrected chi connectivity index (χ4v) is 1.27. The van der Waals surface area contributed by atoms with Gasteiger partial charge in [0, 0.05) is 0 Å². The Morgan fingerprint density at radius 2 is 2.36 bits per heavy atom. The van der Waals surface area contributed by atoms with E-state index in [1.54, 1.807) is 6.92 Å². The Balaban J connectivity index is 3.01. The zero-order valence-electron chi connectivity index (χ0n) is 8.27. The van der Waals surface area contributed by atoms with Crippen LogP contribution < -0.4 is 5.73 Å². The Kier molecular flexibility index (Phi) is 3.19. The van der Waals surface area contributed by atoms with Crippen molar-refractivity contribution in [2.24, 2.45) is 5.73 Å². The fourth-order valence-electron chi connectivity index (χ4n) is 1.27. The number of aromatic nitrogens is 3. The lowest BCUT2D eigenvalue weighted by atomic mass is 10.2. The average Bonchev–Trinajstić information content (AvgIpc) is 2.46. The van der Waals surface area contributed by atoms with Crippen LogP contribution in [0.5, 0.6) is 0 Å². The second-order valence-corrected chi connectivity index (χ2v) is 3.13. The van der Waals surface area contributed by atoms with Crippen LogP contribution in [0.25, 0.3) is 0 Å². The molecular weight excluding hydrogens is 184 g/mol. The lowest BCUT2D eigenvalue weighted by Gasteiger charge is -2.06. The number of amides is 1. The molecule has 0 saturated heterocycles. The molecule has 78 valence electrons. The monoisotopic (exact) mass is 198 g/mol. The summed E-state index contributed by atoms with van der Waals surface area (Å²) in [6, 6.07) is 0. The van der Waals surface area contributed by atoms with Gasteiger partial charge in [-0.2, -0.15) is 0 Å². The van der Waals surface area contributed by atoms with Gasteiger partial charge in [-0.1, -0.05) is 12.1 Å². The van der Waals surface area contributed by atoms with Gasteiger partial charge in [-0.05, 0) is 13.3 Å². The number of nitrogens with zero attached hydrogens (tertiary/aromatic N) is 3. The summed E-state index contributed by atoms with van der Waals surface area (Å²) < 4.78 is 1.50. The van der Waals surface area contributed by atoms with Gasteiger partial charge in [0.2, 0.25) is 0 Å². The molecule has 0 aliphatic carbocycles. The van der Waals surface area contributed by atoms with E-state index in [0.717, 1.165) is 0 Å². The van der Waals surface area contributed by atoms with E-state index >= 15 is 0 Å². The minimum absolute atomic E-state index is 0.188. The lowest BCUT2D eigenvalue weighted by molar-refractivity contribution is 0.0994. The van der Waals surface area contributed by atoms with Crippen molar-refractivity contribution in [1.29, 1.82) is 0 Å². The first-order valence-corrected chi connectivity index (χ1v) is 4.46. The van der Waals surface area contributed by atoms with Crippen LogP contribution in [0, 0.1) is 0 Å². The molecule has 1 amide bonds. The van der Waals surface area contributed by atoms with E-state index in [0.29, 0.717) is 18.7 Å². The number of carbonyl (C=O) groups excluding carboxylic acids is 1. The molecular formula is C8H14N4O2. The summed E-state index contributed by atoms with van der Waals surface area (Å²) in [6.45, 7) is 3.85. The van der Waals surface area contributed by atoms with Gasteiger partial charge in [0.25, 0.3) is 5.91 Å². The third kappa shape index (κ3) is 2.08. The van der Waals surface area contributed by atoms with Crippen LogP contribution in [0.15, 0.2) is 0 Å². The number of carbonyl (C=O) groups is 1. The van der Waals surface area contributed by atoms with Gasteiger partial charge in [-0.3, -0.25) is 4.79 Å². The van der Waals surface area contributed by atoms with Crippen molar-refractivity contribution in [2.75, 3.05) is 0 Å². The zero-order valence-corrected chi connectivity index (χ0v) is 8.27. The quantitative estimate of drug-likeness (QED) is 0.670. The molecule has 14 heavy (non-hydrogen) atoms. The van der Waals surface area contributed by atoms with E-state index in [9.17, 15) is 4.79 Å². The molecule has 0 saturated carbocycles. The Morgan fingerprint density at radius 3 is 2.79 bits per heavy atom. The van der Waals surface area contributed by atoms with Crippen molar-refractivity contribution in [3.05, 3.63) is 11.4 Å². The molecule has 3 N–H and O–H groups in total. The highest BCUT2D eigenvalue weighted by Gasteiger charge is 2.16. The summed E-state index contributed by atoms with van der Waals surface area (Å²) in [5, 5.41) is 16.6. The van der Waals surface area contributed by atoms with Crippen molar-refractivity contribution in [3.63, 3.8) is 0 Å².